The second kappa shape index (κ2) is 7.89. The highest BCUT2D eigenvalue weighted by atomic mass is 32.2. The van der Waals surface area contributed by atoms with Crippen LogP contribution >= 0.6 is 0 Å². The summed E-state index contributed by atoms with van der Waals surface area (Å²) in [6.45, 7) is 2.20. The van der Waals surface area contributed by atoms with Gasteiger partial charge in [0.2, 0.25) is 15.9 Å². The predicted octanol–water partition coefficient (Wildman–Crippen LogP) is 1.45. The number of nitrogens with one attached hydrogen (secondary N) is 1. The van der Waals surface area contributed by atoms with Crippen LogP contribution in [-0.2, 0) is 21.2 Å². The Morgan fingerprint density at radius 1 is 1.25 bits per heavy atom. The maximum Gasteiger partial charge on any atom is 0.322 e. The van der Waals surface area contributed by atoms with Crippen molar-refractivity contribution in [2.75, 3.05) is 6.61 Å². The highest BCUT2D eigenvalue weighted by Crippen LogP contribution is 2.14. The van der Waals surface area contributed by atoms with E-state index in [1.165, 1.54) is 12.1 Å². The molecule has 24 heavy (non-hydrogen) atoms. The molecule has 0 radical (unpaired) electrons. The summed E-state index contributed by atoms with van der Waals surface area (Å²) in [5.74, 6) is -0.947. The Balaban J connectivity index is 2.16. The summed E-state index contributed by atoms with van der Waals surface area (Å²) in [4.78, 5) is 15.2. The van der Waals surface area contributed by atoms with Gasteiger partial charge in [0.05, 0.1) is 12.8 Å². The van der Waals surface area contributed by atoms with Crippen molar-refractivity contribution >= 4 is 16.0 Å². The third-order valence-corrected chi connectivity index (χ3v) is 4.65. The van der Waals surface area contributed by atoms with Crippen LogP contribution in [0.5, 0.6) is 5.88 Å². The number of ether oxygens (including phenoxy) is 1. The zero-order valence-electron chi connectivity index (χ0n) is 13.0. The second-order valence-corrected chi connectivity index (χ2v) is 6.68. The van der Waals surface area contributed by atoms with Crippen molar-refractivity contribution in [2.24, 2.45) is 0 Å². The van der Waals surface area contributed by atoms with Gasteiger partial charge < -0.3 is 9.84 Å². The maximum absolute atomic E-state index is 12.4. The molecule has 0 amide bonds. The lowest BCUT2D eigenvalue weighted by atomic mass is 10.1. The minimum absolute atomic E-state index is 0.0415. The molecule has 0 unspecified atom stereocenters. The fraction of sp³-hybridized carbons (Fsp3) is 0.250. The van der Waals surface area contributed by atoms with Crippen molar-refractivity contribution in [3.05, 3.63) is 54.2 Å². The SMILES string of the molecule is CCOc1ccc(S(=O)(=O)N[C@H](Cc2ccccc2)C(=O)O)cn1. The van der Waals surface area contributed by atoms with Crippen LogP contribution in [0.2, 0.25) is 0 Å². The molecule has 2 rings (SSSR count). The number of hydrogen-bond donors (Lipinski definition) is 2. The molecule has 1 heterocycles. The Bertz CT molecular complexity index is 776. The number of hydrogen-bond acceptors (Lipinski definition) is 5. The Hall–Kier alpha value is -2.45. The number of nitrogens with zero attached hydrogens (tertiary/aromatic N) is 1. The van der Waals surface area contributed by atoms with E-state index in [0.717, 1.165) is 11.8 Å². The molecule has 0 saturated carbocycles. The molecule has 1 aromatic carbocycles. The van der Waals surface area contributed by atoms with Gasteiger partial charge in [-0.3, -0.25) is 4.79 Å². The van der Waals surface area contributed by atoms with Crippen LogP contribution < -0.4 is 9.46 Å². The summed E-state index contributed by atoms with van der Waals surface area (Å²) >= 11 is 0. The van der Waals surface area contributed by atoms with Gasteiger partial charge in [0.15, 0.2) is 0 Å². The fourth-order valence-corrected chi connectivity index (χ4v) is 3.18. The fourth-order valence-electron chi connectivity index (χ4n) is 2.04. The van der Waals surface area contributed by atoms with Crippen LogP contribution in [0.25, 0.3) is 0 Å². The van der Waals surface area contributed by atoms with Crippen molar-refractivity contribution in [3.63, 3.8) is 0 Å². The van der Waals surface area contributed by atoms with Gasteiger partial charge in [-0.15, -0.1) is 0 Å². The van der Waals surface area contributed by atoms with Crippen LogP contribution in [-0.4, -0.2) is 37.1 Å². The number of carboxylic acid groups (broad SMARTS) is 1. The Labute approximate surface area is 140 Å². The highest BCUT2D eigenvalue weighted by molar-refractivity contribution is 7.89. The first-order valence-electron chi connectivity index (χ1n) is 7.30. The summed E-state index contributed by atoms with van der Waals surface area (Å²) in [5.41, 5.74) is 0.720. The molecule has 0 bridgehead atoms. The number of benzene rings is 1. The summed E-state index contributed by atoms with van der Waals surface area (Å²) in [6.07, 6.45) is 1.18. The zero-order chi connectivity index (χ0) is 17.6. The highest BCUT2D eigenvalue weighted by Gasteiger charge is 2.26. The van der Waals surface area contributed by atoms with E-state index in [-0.39, 0.29) is 11.3 Å². The van der Waals surface area contributed by atoms with E-state index in [4.69, 9.17) is 4.74 Å². The third-order valence-electron chi connectivity index (χ3n) is 3.19. The second-order valence-electron chi connectivity index (χ2n) is 4.97. The van der Waals surface area contributed by atoms with Crippen LogP contribution in [0.1, 0.15) is 12.5 Å². The van der Waals surface area contributed by atoms with E-state index in [1.807, 2.05) is 0 Å². The smallest absolute Gasteiger partial charge is 0.322 e. The third kappa shape index (κ3) is 4.77. The summed E-state index contributed by atoms with van der Waals surface area (Å²) in [7, 11) is -4.01. The van der Waals surface area contributed by atoms with Crippen molar-refractivity contribution in [1.82, 2.24) is 9.71 Å². The molecule has 0 aliphatic rings. The van der Waals surface area contributed by atoms with E-state index in [9.17, 15) is 18.3 Å². The van der Waals surface area contributed by atoms with E-state index >= 15 is 0 Å². The minimum atomic E-state index is -4.01. The number of aromatic nitrogens is 1. The molecular formula is C16H18N2O5S. The molecule has 1 atom stereocenters. The lowest BCUT2D eigenvalue weighted by molar-refractivity contribution is -0.138. The largest absolute Gasteiger partial charge is 0.480 e. The molecule has 128 valence electrons. The molecule has 1 aromatic heterocycles. The normalized spacial score (nSPS) is 12.5. The average molecular weight is 350 g/mol. The van der Waals surface area contributed by atoms with E-state index in [2.05, 4.69) is 9.71 Å². The molecule has 0 saturated heterocycles. The van der Waals surface area contributed by atoms with Gasteiger partial charge in [-0.1, -0.05) is 30.3 Å². The maximum atomic E-state index is 12.4. The number of sulfonamides is 1. The first-order valence-corrected chi connectivity index (χ1v) is 8.78. The lowest BCUT2D eigenvalue weighted by Gasteiger charge is -2.15. The van der Waals surface area contributed by atoms with E-state index in [0.29, 0.717) is 12.5 Å². The van der Waals surface area contributed by atoms with Crippen molar-refractivity contribution in [1.29, 1.82) is 0 Å². The molecule has 2 aromatic rings. The Kier molecular flexibility index (Phi) is 5.88. The first kappa shape index (κ1) is 17.9. The summed E-state index contributed by atoms with van der Waals surface area (Å²) in [5, 5.41) is 9.30. The van der Waals surface area contributed by atoms with E-state index in [1.54, 1.807) is 37.3 Å². The van der Waals surface area contributed by atoms with Crippen molar-refractivity contribution < 1.29 is 23.1 Å². The molecule has 7 nitrogen and oxygen atoms in total. The molecule has 0 spiro atoms. The minimum Gasteiger partial charge on any atom is -0.480 e. The average Bonchev–Trinajstić information content (AvgIpc) is 2.56. The quantitative estimate of drug-likeness (QED) is 0.746. The number of pyridine rings is 1. The van der Waals surface area contributed by atoms with Crippen LogP contribution in [0.4, 0.5) is 0 Å². The molecule has 0 aliphatic carbocycles. The van der Waals surface area contributed by atoms with Gasteiger partial charge in [-0.05, 0) is 25.0 Å². The van der Waals surface area contributed by atoms with Crippen molar-refractivity contribution in [3.8, 4) is 5.88 Å². The van der Waals surface area contributed by atoms with Gasteiger partial charge in [-0.25, -0.2) is 13.4 Å². The summed E-state index contributed by atoms with van der Waals surface area (Å²) in [6, 6.07) is 10.3. The van der Waals surface area contributed by atoms with Crippen LogP contribution in [0, 0.1) is 0 Å². The van der Waals surface area contributed by atoms with E-state index < -0.39 is 22.0 Å². The van der Waals surface area contributed by atoms with Gasteiger partial charge >= 0.3 is 5.97 Å². The number of aliphatic carboxylic acids is 1. The Morgan fingerprint density at radius 2 is 1.96 bits per heavy atom. The first-order chi connectivity index (χ1) is 11.4. The standard InChI is InChI=1S/C16H18N2O5S/c1-2-23-15-9-8-13(11-17-15)24(21,22)18-14(16(19)20)10-12-6-4-3-5-7-12/h3-9,11,14,18H,2,10H2,1H3,(H,19,20)/t14-/m1/s1. The Morgan fingerprint density at radius 3 is 2.50 bits per heavy atom. The van der Waals surface area contributed by atoms with Gasteiger partial charge in [0.25, 0.3) is 0 Å². The molecule has 0 aliphatic heterocycles. The molecule has 0 fully saturated rings. The summed E-state index contributed by atoms with van der Waals surface area (Å²) < 4.78 is 32.1. The van der Waals surface area contributed by atoms with Crippen molar-refractivity contribution in [2.45, 2.75) is 24.3 Å². The number of carbonyl (C=O) groups is 1. The number of rotatable bonds is 8. The van der Waals surface area contributed by atoms with Gasteiger partial charge in [0, 0.05) is 6.07 Å². The predicted molar refractivity (Wildman–Crippen MR) is 87.3 cm³/mol. The van der Waals surface area contributed by atoms with Gasteiger partial charge in [-0.2, -0.15) is 4.72 Å². The molecular weight excluding hydrogens is 332 g/mol. The van der Waals surface area contributed by atoms with Crippen LogP contribution in [0.15, 0.2) is 53.6 Å². The number of carboxylic acids is 1. The van der Waals surface area contributed by atoms with Crippen LogP contribution in [0.3, 0.4) is 0 Å². The zero-order valence-corrected chi connectivity index (χ0v) is 13.9. The lowest BCUT2D eigenvalue weighted by Crippen LogP contribution is -2.42. The topological polar surface area (TPSA) is 106 Å². The van der Waals surface area contributed by atoms with Gasteiger partial charge in [0.1, 0.15) is 10.9 Å². The monoisotopic (exact) mass is 350 g/mol. The molecule has 8 heteroatoms. The molecule has 2 N–H and O–H groups in total.